The molecule has 0 saturated carbocycles. The number of nitrogens with two attached hydrogens (primary N) is 1. The Labute approximate surface area is 93.9 Å². The highest BCUT2D eigenvalue weighted by atomic mass is 19.4. The van der Waals surface area contributed by atoms with Crippen LogP contribution in [0.2, 0.25) is 0 Å². The van der Waals surface area contributed by atoms with Crippen LogP contribution in [-0.4, -0.2) is 33.3 Å². The van der Waals surface area contributed by atoms with Crippen molar-refractivity contribution >= 4 is 5.84 Å². The second-order valence-corrected chi connectivity index (χ2v) is 3.00. The first-order valence-corrected chi connectivity index (χ1v) is 4.38. The van der Waals surface area contributed by atoms with Crippen LogP contribution in [0.1, 0.15) is 12.6 Å². The van der Waals surface area contributed by atoms with Gasteiger partial charge in [-0.3, -0.25) is 0 Å². The van der Waals surface area contributed by atoms with Gasteiger partial charge in [-0.1, -0.05) is 5.16 Å². The number of ether oxygens (including phenoxy) is 1. The van der Waals surface area contributed by atoms with Crippen LogP contribution >= 0.6 is 0 Å². The summed E-state index contributed by atoms with van der Waals surface area (Å²) < 4.78 is 41.4. The summed E-state index contributed by atoms with van der Waals surface area (Å²) in [6, 6.07) is 0. The number of rotatable bonds is 3. The van der Waals surface area contributed by atoms with Crippen LogP contribution in [0.25, 0.3) is 0 Å². The second kappa shape index (κ2) is 4.85. The predicted octanol–water partition coefficient (Wildman–Crippen LogP) is 0.901. The monoisotopic (exact) mass is 250 g/mol. The van der Waals surface area contributed by atoms with Crippen molar-refractivity contribution < 1.29 is 23.1 Å². The molecular weight excluding hydrogens is 241 g/mol. The van der Waals surface area contributed by atoms with Gasteiger partial charge < -0.3 is 15.7 Å². The Kier molecular flexibility index (Phi) is 3.71. The van der Waals surface area contributed by atoms with Crippen LogP contribution in [0.5, 0.6) is 5.88 Å². The molecule has 0 bridgehead atoms. The molecule has 1 aromatic heterocycles. The minimum Gasteiger partial charge on any atom is -0.463 e. The third kappa shape index (κ3) is 3.20. The Bertz CT molecular complexity index is 421. The smallest absolute Gasteiger partial charge is 0.425 e. The van der Waals surface area contributed by atoms with Gasteiger partial charge in [-0.2, -0.15) is 13.2 Å². The highest BCUT2D eigenvalue weighted by molar-refractivity contribution is 5.97. The summed E-state index contributed by atoms with van der Waals surface area (Å²) in [7, 11) is 0. The highest BCUT2D eigenvalue weighted by Crippen LogP contribution is 2.24. The van der Waals surface area contributed by atoms with Crippen LogP contribution in [-0.2, 0) is 0 Å². The lowest BCUT2D eigenvalue weighted by Gasteiger charge is -2.17. The lowest BCUT2D eigenvalue weighted by Crippen LogP contribution is -2.32. The van der Waals surface area contributed by atoms with Gasteiger partial charge in [0.25, 0.3) is 0 Å². The number of amidine groups is 1. The predicted molar refractivity (Wildman–Crippen MR) is 50.7 cm³/mol. The van der Waals surface area contributed by atoms with E-state index in [-0.39, 0.29) is 5.69 Å². The normalized spacial score (nSPS) is 14.5. The molecule has 0 spiro atoms. The van der Waals surface area contributed by atoms with Crippen LogP contribution in [0, 0.1) is 0 Å². The van der Waals surface area contributed by atoms with Crippen LogP contribution in [0.15, 0.2) is 17.5 Å². The molecule has 1 aromatic rings. The lowest BCUT2D eigenvalue weighted by atomic mass is 10.3. The maximum atomic E-state index is 12.3. The zero-order valence-corrected chi connectivity index (χ0v) is 8.64. The minimum absolute atomic E-state index is 0.258. The van der Waals surface area contributed by atoms with Crippen molar-refractivity contribution in [1.82, 2.24) is 9.97 Å². The number of hydrogen-bond donors (Lipinski definition) is 2. The Morgan fingerprint density at radius 1 is 1.47 bits per heavy atom. The maximum absolute atomic E-state index is 12.3. The van der Waals surface area contributed by atoms with E-state index in [4.69, 9.17) is 10.9 Å². The fourth-order valence-corrected chi connectivity index (χ4v) is 0.869. The standard InChI is InChI=1S/C8H9F3N4O2/c1-4(8(9,10)11)17-7-5(6(12)15-16)13-2-3-14-7/h2-4,16H,1H3,(H2,12,15). The molecule has 94 valence electrons. The molecule has 0 radical (unpaired) electrons. The molecule has 0 aliphatic carbocycles. The van der Waals surface area contributed by atoms with Crippen LogP contribution in [0.3, 0.4) is 0 Å². The van der Waals surface area contributed by atoms with Gasteiger partial charge in [0.15, 0.2) is 17.6 Å². The number of halogens is 3. The molecule has 0 aromatic carbocycles. The number of oxime groups is 1. The quantitative estimate of drug-likeness (QED) is 0.360. The van der Waals surface area contributed by atoms with E-state index in [0.717, 1.165) is 13.1 Å². The fourth-order valence-electron chi connectivity index (χ4n) is 0.869. The molecule has 9 heteroatoms. The summed E-state index contributed by atoms with van der Waals surface area (Å²) in [5.41, 5.74) is 4.96. The van der Waals surface area contributed by atoms with E-state index in [1.165, 1.54) is 6.20 Å². The number of aromatic nitrogens is 2. The van der Waals surface area contributed by atoms with Crippen molar-refractivity contribution in [3.8, 4) is 5.88 Å². The van der Waals surface area contributed by atoms with Gasteiger partial charge in [0, 0.05) is 12.4 Å². The van der Waals surface area contributed by atoms with Gasteiger partial charge in [-0.25, -0.2) is 9.97 Å². The average molecular weight is 250 g/mol. The first kappa shape index (κ1) is 13.0. The first-order chi connectivity index (χ1) is 7.86. The Morgan fingerprint density at radius 2 is 2.06 bits per heavy atom. The Hall–Kier alpha value is -2.06. The molecule has 17 heavy (non-hydrogen) atoms. The Balaban J connectivity index is 2.99. The van der Waals surface area contributed by atoms with Gasteiger partial charge in [-0.05, 0) is 6.92 Å². The molecule has 1 heterocycles. The van der Waals surface area contributed by atoms with E-state index in [9.17, 15) is 13.2 Å². The molecule has 0 amide bonds. The minimum atomic E-state index is -4.54. The van der Waals surface area contributed by atoms with E-state index >= 15 is 0 Å². The molecule has 0 aliphatic heterocycles. The summed E-state index contributed by atoms with van der Waals surface area (Å²) in [6.07, 6.45) is -4.31. The van der Waals surface area contributed by atoms with Crippen molar-refractivity contribution in [3.63, 3.8) is 0 Å². The molecule has 0 saturated heterocycles. The molecule has 0 aliphatic rings. The molecule has 1 atom stereocenters. The molecular formula is C8H9F3N4O2. The zero-order chi connectivity index (χ0) is 13.1. The van der Waals surface area contributed by atoms with Crippen molar-refractivity contribution in [1.29, 1.82) is 0 Å². The lowest BCUT2D eigenvalue weighted by molar-refractivity contribution is -0.190. The maximum Gasteiger partial charge on any atom is 0.425 e. The van der Waals surface area contributed by atoms with Gasteiger partial charge in [0.2, 0.25) is 5.88 Å². The largest absolute Gasteiger partial charge is 0.463 e. The molecule has 0 fully saturated rings. The summed E-state index contributed by atoms with van der Waals surface area (Å²) in [6.45, 7) is 0.810. The van der Waals surface area contributed by atoms with E-state index in [0.29, 0.717) is 0 Å². The van der Waals surface area contributed by atoms with Crippen molar-refractivity contribution in [2.45, 2.75) is 19.2 Å². The number of nitrogens with zero attached hydrogens (tertiary/aromatic N) is 3. The zero-order valence-electron chi connectivity index (χ0n) is 8.64. The summed E-state index contributed by atoms with van der Waals surface area (Å²) in [5, 5.41) is 11.0. The summed E-state index contributed by atoms with van der Waals surface area (Å²) >= 11 is 0. The second-order valence-electron chi connectivity index (χ2n) is 3.00. The molecule has 1 unspecified atom stereocenters. The SMILES string of the molecule is CC(Oc1nccnc1C(N)=NO)C(F)(F)F. The van der Waals surface area contributed by atoms with Gasteiger partial charge in [0.05, 0.1) is 0 Å². The summed E-state index contributed by atoms with van der Waals surface area (Å²) in [5.74, 6) is -0.935. The van der Waals surface area contributed by atoms with E-state index < -0.39 is 24.0 Å². The van der Waals surface area contributed by atoms with Crippen LogP contribution in [0.4, 0.5) is 13.2 Å². The van der Waals surface area contributed by atoms with Gasteiger partial charge in [0.1, 0.15) is 0 Å². The van der Waals surface area contributed by atoms with Crippen molar-refractivity contribution in [2.75, 3.05) is 0 Å². The van der Waals surface area contributed by atoms with E-state index in [1.807, 2.05) is 0 Å². The van der Waals surface area contributed by atoms with Crippen molar-refractivity contribution in [3.05, 3.63) is 18.1 Å². The third-order valence-electron chi connectivity index (χ3n) is 1.76. The summed E-state index contributed by atoms with van der Waals surface area (Å²) in [4.78, 5) is 7.16. The first-order valence-electron chi connectivity index (χ1n) is 4.38. The topological polar surface area (TPSA) is 93.6 Å². The molecule has 1 rings (SSSR count). The third-order valence-corrected chi connectivity index (χ3v) is 1.76. The van der Waals surface area contributed by atoms with E-state index in [2.05, 4.69) is 19.9 Å². The van der Waals surface area contributed by atoms with Gasteiger partial charge in [-0.15, -0.1) is 0 Å². The Morgan fingerprint density at radius 3 is 2.59 bits per heavy atom. The van der Waals surface area contributed by atoms with E-state index in [1.54, 1.807) is 0 Å². The average Bonchev–Trinajstić information content (AvgIpc) is 2.27. The molecule has 3 N–H and O–H groups in total. The molecule has 6 nitrogen and oxygen atoms in total. The fraction of sp³-hybridized carbons (Fsp3) is 0.375. The highest BCUT2D eigenvalue weighted by Gasteiger charge is 2.38. The van der Waals surface area contributed by atoms with Gasteiger partial charge >= 0.3 is 6.18 Å². The number of alkyl halides is 3. The number of hydrogen-bond acceptors (Lipinski definition) is 5. The van der Waals surface area contributed by atoms with Crippen molar-refractivity contribution in [2.24, 2.45) is 10.9 Å². The van der Waals surface area contributed by atoms with Crippen LogP contribution < -0.4 is 10.5 Å².